The van der Waals surface area contributed by atoms with Crippen LogP contribution < -0.4 is 24.8 Å². The van der Waals surface area contributed by atoms with Gasteiger partial charge in [-0.2, -0.15) is 47.0 Å². The van der Waals surface area contributed by atoms with Gasteiger partial charge >= 0.3 is 25.8 Å². The van der Waals surface area contributed by atoms with Crippen molar-refractivity contribution in [2.45, 2.75) is 33.1 Å². The van der Waals surface area contributed by atoms with Crippen molar-refractivity contribution in [2.75, 3.05) is 0 Å². The smallest absolute Gasteiger partial charge is 1.00 e. The maximum atomic E-state index is 3.30. The van der Waals surface area contributed by atoms with Gasteiger partial charge in [0.25, 0.3) is 0 Å². The summed E-state index contributed by atoms with van der Waals surface area (Å²) >= 11 is 0. The number of aryl methyl sites for hydroxylation is 2. The van der Waals surface area contributed by atoms with Crippen LogP contribution >= 0.6 is 0 Å². The molecule has 3 aromatic carbocycles. The Kier molecular flexibility index (Phi) is 15.6. The van der Waals surface area contributed by atoms with E-state index >= 15 is 0 Å². The predicted molar refractivity (Wildman–Crippen MR) is 106 cm³/mol. The summed E-state index contributed by atoms with van der Waals surface area (Å²) in [4.78, 5) is 0. The zero-order valence-corrected chi connectivity index (χ0v) is 21.2. The quantitative estimate of drug-likeness (QED) is 0.188. The van der Waals surface area contributed by atoms with Crippen molar-refractivity contribution < 1.29 is 50.7 Å². The van der Waals surface area contributed by atoms with Crippen LogP contribution in [0.5, 0.6) is 0 Å². The van der Waals surface area contributed by atoms with Gasteiger partial charge in [-0.15, -0.1) is 18.7 Å². The first-order valence-electron chi connectivity index (χ1n) is 8.64. The van der Waals surface area contributed by atoms with E-state index in [9.17, 15) is 0 Å². The molecule has 27 heavy (non-hydrogen) atoms. The molecule has 140 valence electrons. The fourth-order valence-electron chi connectivity index (χ4n) is 2.99. The third kappa shape index (κ3) is 7.49. The van der Waals surface area contributed by atoms with E-state index in [0.29, 0.717) is 0 Å². The van der Waals surface area contributed by atoms with Gasteiger partial charge in [-0.05, 0) is 6.42 Å². The molecule has 0 spiro atoms. The summed E-state index contributed by atoms with van der Waals surface area (Å²) in [5, 5.41) is 0. The first-order valence-corrected chi connectivity index (χ1v) is 8.64. The van der Waals surface area contributed by atoms with Crippen LogP contribution in [0.25, 0.3) is 11.1 Å². The van der Waals surface area contributed by atoms with Crippen molar-refractivity contribution in [1.29, 1.82) is 0 Å². The van der Waals surface area contributed by atoms with Crippen LogP contribution in [0.3, 0.4) is 0 Å². The Morgan fingerprint density at radius 1 is 0.852 bits per heavy atom. The zero-order valence-electron chi connectivity index (χ0n) is 16.1. The van der Waals surface area contributed by atoms with Crippen LogP contribution in [0.2, 0.25) is 0 Å². The van der Waals surface area contributed by atoms with E-state index in [0.717, 1.165) is 6.42 Å². The third-order valence-corrected chi connectivity index (χ3v) is 4.32. The Hall–Kier alpha value is -1.02. The van der Waals surface area contributed by atoms with E-state index in [4.69, 9.17) is 0 Å². The second kappa shape index (κ2) is 15.0. The summed E-state index contributed by atoms with van der Waals surface area (Å²) < 4.78 is 0. The average molecular weight is 564 g/mol. The largest absolute Gasteiger partial charge is 4.00 e. The number of rotatable bonds is 2. The summed E-state index contributed by atoms with van der Waals surface area (Å²) in [6, 6.07) is 24.8. The van der Waals surface area contributed by atoms with Crippen LogP contribution in [-0.4, -0.2) is 0 Å². The molecule has 0 aromatic heterocycles. The number of halogens is 2. The molecular weight excluding hydrogens is 538 g/mol. The van der Waals surface area contributed by atoms with Gasteiger partial charge in [-0.1, -0.05) is 62.1 Å². The fraction of sp³-hybridized carbons (Fsp3) is 0.208. The van der Waals surface area contributed by atoms with Gasteiger partial charge in [-0.3, -0.25) is 0 Å². The van der Waals surface area contributed by atoms with Crippen LogP contribution in [0.1, 0.15) is 36.1 Å². The van der Waals surface area contributed by atoms with Crippen molar-refractivity contribution in [3.05, 3.63) is 102 Å². The average Bonchev–Trinajstić information content (AvgIpc) is 3.28. The maximum absolute atomic E-state index is 3.30. The van der Waals surface area contributed by atoms with Crippen molar-refractivity contribution >= 4 is 0 Å². The molecule has 3 heteroatoms. The molecule has 0 saturated carbocycles. The van der Waals surface area contributed by atoms with Crippen molar-refractivity contribution in [3.8, 4) is 11.1 Å². The molecule has 0 amide bonds. The Balaban J connectivity index is 0. The minimum absolute atomic E-state index is 0. The topological polar surface area (TPSA) is 0 Å². The van der Waals surface area contributed by atoms with Gasteiger partial charge < -0.3 is 24.8 Å². The van der Waals surface area contributed by atoms with Crippen LogP contribution in [-0.2, 0) is 45.1 Å². The Bertz CT molecular complexity index is 715. The summed E-state index contributed by atoms with van der Waals surface area (Å²) in [7, 11) is 0. The maximum Gasteiger partial charge on any atom is 4.00 e. The normalized spacial score (nSPS) is 9.41. The molecule has 0 saturated heterocycles. The number of fused-ring (bicyclic) bond motifs is 3. The molecule has 4 rings (SSSR count). The molecule has 0 aliphatic heterocycles. The van der Waals surface area contributed by atoms with Crippen molar-refractivity contribution in [2.24, 2.45) is 0 Å². The van der Waals surface area contributed by atoms with E-state index < -0.39 is 0 Å². The van der Waals surface area contributed by atoms with E-state index in [2.05, 4.69) is 87.7 Å². The molecule has 1 aliphatic rings. The second-order valence-corrected chi connectivity index (χ2v) is 5.73. The van der Waals surface area contributed by atoms with E-state index in [-0.39, 0.29) is 50.7 Å². The third-order valence-electron chi connectivity index (χ3n) is 4.32. The Morgan fingerprint density at radius 3 is 1.96 bits per heavy atom. The second-order valence-electron chi connectivity index (χ2n) is 5.73. The molecule has 0 N–H and O–H groups in total. The van der Waals surface area contributed by atoms with Gasteiger partial charge in [0, 0.05) is 0 Å². The van der Waals surface area contributed by atoms with Gasteiger partial charge in [-0.25, -0.2) is 12.1 Å². The van der Waals surface area contributed by atoms with E-state index in [1.807, 2.05) is 6.07 Å². The monoisotopic (exact) mass is 564 g/mol. The molecule has 3 aromatic rings. The van der Waals surface area contributed by atoms with E-state index in [1.165, 1.54) is 46.2 Å². The molecule has 0 radical (unpaired) electrons. The predicted octanol–water partition coefficient (Wildman–Crippen LogP) is 0.396. The first kappa shape index (κ1) is 28.2. The summed E-state index contributed by atoms with van der Waals surface area (Å²) in [6.45, 7) is 10.4. The molecule has 0 fully saturated rings. The molecule has 0 bridgehead atoms. The molecule has 0 atom stereocenters. The van der Waals surface area contributed by atoms with Crippen LogP contribution in [0.15, 0.2) is 73.8 Å². The zero-order chi connectivity index (χ0) is 17.4. The van der Waals surface area contributed by atoms with Gasteiger partial charge in [0.15, 0.2) is 0 Å². The van der Waals surface area contributed by atoms with Gasteiger partial charge in [0.1, 0.15) is 0 Å². The standard InChI is InChI=1S/C13H9.C9H13.C2H4.2ClH.Hf/c1-3-7-12-10(5-1)9-11-6-2-4-8-13(11)12;1-3-8-5-6-9(4-2)7-8;1-2;;;/h1-5,7-8H,9H2;5-7H,3-4H2,1-2H3;1-2H2;2*1H;/q2*-1;;;;+4/p-2. The van der Waals surface area contributed by atoms with Crippen molar-refractivity contribution in [3.63, 3.8) is 0 Å². The number of hydrogen-bond acceptors (Lipinski definition) is 0. The fourth-order valence-corrected chi connectivity index (χ4v) is 2.99. The number of hydrogen-bond donors (Lipinski definition) is 0. The molecule has 0 nitrogen and oxygen atoms in total. The summed E-state index contributed by atoms with van der Waals surface area (Å²) in [5.41, 5.74) is 8.44. The summed E-state index contributed by atoms with van der Waals surface area (Å²) in [6.07, 6.45) is 3.38. The Labute approximate surface area is 196 Å². The molecule has 0 heterocycles. The van der Waals surface area contributed by atoms with Gasteiger partial charge in [0.2, 0.25) is 0 Å². The van der Waals surface area contributed by atoms with Crippen molar-refractivity contribution in [1.82, 2.24) is 0 Å². The Morgan fingerprint density at radius 2 is 1.41 bits per heavy atom. The van der Waals surface area contributed by atoms with E-state index in [1.54, 1.807) is 0 Å². The summed E-state index contributed by atoms with van der Waals surface area (Å²) in [5.74, 6) is 0. The minimum Gasteiger partial charge on any atom is -1.00 e. The SMILES string of the molecule is C=C.CCc1ccc(CC)[cH-]1.[Cl-].[Cl-].[Hf+4].[c-]1cccc2c1Cc1ccccc1-2. The molecule has 0 unspecified atom stereocenters. The van der Waals surface area contributed by atoms with Crippen LogP contribution in [0, 0.1) is 6.07 Å². The first-order chi connectivity index (χ1) is 11.8. The van der Waals surface area contributed by atoms with Gasteiger partial charge in [0.05, 0.1) is 0 Å². The minimum atomic E-state index is 0. The molecule has 1 aliphatic carbocycles. The number of benzene rings is 2. The van der Waals surface area contributed by atoms with Crippen LogP contribution in [0.4, 0.5) is 0 Å². The molecular formula is C24H26Cl2Hf.